The maximum Gasteiger partial charge on any atom is 0.418 e. The second-order valence-electron chi connectivity index (χ2n) is 6.08. The molecule has 1 N–H and O–H groups in total. The molecule has 8 heteroatoms. The Morgan fingerprint density at radius 1 is 1.11 bits per heavy atom. The maximum absolute atomic E-state index is 13.2. The van der Waals surface area contributed by atoms with E-state index in [1.54, 1.807) is 19.0 Å². The summed E-state index contributed by atoms with van der Waals surface area (Å²) < 4.78 is 57.9. The maximum atomic E-state index is 13.2. The van der Waals surface area contributed by atoms with Gasteiger partial charge in [-0.2, -0.15) is 13.2 Å². The molecule has 0 aliphatic carbocycles. The molecule has 0 bridgehead atoms. The molecule has 2 aromatic rings. The summed E-state index contributed by atoms with van der Waals surface area (Å²) in [5.74, 6) is -0.473. The number of hydrogen-bond acceptors (Lipinski definition) is 3. The molecule has 4 nitrogen and oxygen atoms in total. The lowest BCUT2D eigenvalue weighted by atomic mass is 10.1. The van der Waals surface area contributed by atoms with Crippen LogP contribution in [-0.4, -0.2) is 26.6 Å². The SMILES string of the molecule is CN(C)c1ccc(NC(=O)CCCOc2ccc(F)cc2)c(C(F)(F)F)c1. The van der Waals surface area contributed by atoms with Gasteiger partial charge in [-0.05, 0) is 48.9 Å². The van der Waals surface area contributed by atoms with Gasteiger partial charge in [0.05, 0.1) is 17.9 Å². The molecule has 0 atom stereocenters. The monoisotopic (exact) mass is 384 g/mol. The largest absolute Gasteiger partial charge is 0.494 e. The lowest BCUT2D eigenvalue weighted by Gasteiger charge is -2.18. The lowest BCUT2D eigenvalue weighted by molar-refractivity contribution is -0.136. The fourth-order valence-corrected chi connectivity index (χ4v) is 2.32. The van der Waals surface area contributed by atoms with E-state index in [0.717, 1.165) is 6.07 Å². The molecule has 0 aromatic heterocycles. The van der Waals surface area contributed by atoms with Crippen molar-refractivity contribution in [3.05, 3.63) is 53.8 Å². The van der Waals surface area contributed by atoms with Crippen molar-refractivity contribution in [2.45, 2.75) is 19.0 Å². The van der Waals surface area contributed by atoms with Crippen LogP contribution >= 0.6 is 0 Å². The number of anilines is 2. The minimum absolute atomic E-state index is 0.00603. The Kier molecular flexibility index (Phi) is 6.65. The summed E-state index contributed by atoms with van der Waals surface area (Å²) in [7, 11) is 3.27. The van der Waals surface area contributed by atoms with Gasteiger partial charge in [-0.3, -0.25) is 4.79 Å². The first-order valence-corrected chi connectivity index (χ1v) is 8.23. The first kappa shape index (κ1) is 20.5. The molecule has 0 saturated carbocycles. The fourth-order valence-electron chi connectivity index (χ4n) is 2.32. The van der Waals surface area contributed by atoms with E-state index in [-0.39, 0.29) is 24.5 Å². The van der Waals surface area contributed by atoms with E-state index in [9.17, 15) is 22.4 Å². The minimum atomic E-state index is -4.58. The van der Waals surface area contributed by atoms with Crippen LogP contribution in [-0.2, 0) is 11.0 Å². The van der Waals surface area contributed by atoms with E-state index in [4.69, 9.17) is 4.74 Å². The van der Waals surface area contributed by atoms with Crippen molar-refractivity contribution >= 4 is 17.3 Å². The number of nitrogens with one attached hydrogen (secondary N) is 1. The number of nitrogens with zero attached hydrogens (tertiary/aromatic N) is 1. The number of halogens is 4. The number of carbonyl (C=O) groups is 1. The molecule has 2 rings (SSSR count). The van der Waals surface area contributed by atoms with Crippen LogP contribution in [0.2, 0.25) is 0 Å². The molecule has 0 heterocycles. The summed E-state index contributed by atoms with van der Waals surface area (Å²) in [6.45, 7) is 0.185. The van der Waals surface area contributed by atoms with Gasteiger partial charge in [0.15, 0.2) is 0 Å². The third-order valence-electron chi connectivity index (χ3n) is 3.73. The molecule has 0 aliphatic rings. The van der Waals surface area contributed by atoms with Crippen molar-refractivity contribution in [1.82, 2.24) is 0 Å². The smallest absolute Gasteiger partial charge is 0.418 e. The van der Waals surface area contributed by atoms with Crippen LogP contribution < -0.4 is 15.0 Å². The molecule has 27 heavy (non-hydrogen) atoms. The third kappa shape index (κ3) is 6.16. The molecule has 1 amide bonds. The molecular formula is C19H20F4N2O2. The summed E-state index contributed by atoms with van der Waals surface area (Å²) in [4.78, 5) is 13.5. The average molecular weight is 384 g/mol. The van der Waals surface area contributed by atoms with Crippen molar-refractivity contribution in [3.63, 3.8) is 0 Å². The van der Waals surface area contributed by atoms with E-state index in [0.29, 0.717) is 17.9 Å². The van der Waals surface area contributed by atoms with E-state index >= 15 is 0 Å². The van der Waals surface area contributed by atoms with Crippen LogP contribution in [0, 0.1) is 5.82 Å². The summed E-state index contributed by atoms with van der Waals surface area (Å²) in [5.41, 5.74) is -0.796. The fraction of sp³-hybridized carbons (Fsp3) is 0.316. The second-order valence-corrected chi connectivity index (χ2v) is 6.08. The van der Waals surface area contributed by atoms with Gasteiger partial charge in [0.1, 0.15) is 11.6 Å². The number of ether oxygens (including phenoxy) is 1. The highest BCUT2D eigenvalue weighted by Crippen LogP contribution is 2.37. The van der Waals surface area contributed by atoms with Crippen molar-refractivity contribution in [1.29, 1.82) is 0 Å². The van der Waals surface area contributed by atoms with Gasteiger partial charge >= 0.3 is 6.18 Å². The Labute approximate surface area is 154 Å². The first-order chi connectivity index (χ1) is 12.7. The van der Waals surface area contributed by atoms with E-state index in [1.807, 2.05) is 0 Å². The molecule has 146 valence electrons. The van der Waals surface area contributed by atoms with Crippen LogP contribution in [0.15, 0.2) is 42.5 Å². The standard InChI is InChI=1S/C19H20F4N2O2/c1-25(2)14-7-10-17(16(12-14)19(21,22)23)24-18(26)4-3-11-27-15-8-5-13(20)6-9-15/h5-10,12H,3-4,11H2,1-2H3,(H,24,26). The summed E-state index contributed by atoms with van der Waals surface area (Å²) >= 11 is 0. The molecule has 0 fully saturated rings. The molecule has 0 aliphatic heterocycles. The number of alkyl halides is 3. The van der Waals surface area contributed by atoms with Gasteiger partial charge in [0.2, 0.25) is 5.91 Å². The van der Waals surface area contributed by atoms with Gasteiger partial charge in [0.25, 0.3) is 0 Å². The molecular weight excluding hydrogens is 364 g/mol. The van der Waals surface area contributed by atoms with Gasteiger partial charge in [-0.15, -0.1) is 0 Å². The molecule has 2 aromatic carbocycles. The lowest BCUT2D eigenvalue weighted by Crippen LogP contribution is -2.18. The normalized spacial score (nSPS) is 11.2. The van der Waals surface area contributed by atoms with Gasteiger partial charge < -0.3 is 15.0 Å². The molecule has 0 saturated heterocycles. The van der Waals surface area contributed by atoms with Crippen molar-refractivity contribution in [3.8, 4) is 5.75 Å². The topological polar surface area (TPSA) is 41.6 Å². The van der Waals surface area contributed by atoms with Gasteiger partial charge in [-0.25, -0.2) is 4.39 Å². The number of hydrogen-bond donors (Lipinski definition) is 1. The van der Waals surface area contributed by atoms with E-state index in [1.165, 1.54) is 36.4 Å². The van der Waals surface area contributed by atoms with E-state index in [2.05, 4.69) is 5.32 Å². The quantitative estimate of drug-likeness (QED) is 0.555. The van der Waals surface area contributed by atoms with Crippen LogP contribution in [0.1, 0.15) is 18.4 Å². The zero-order valence-corrected chi connectivity index (χ0v) is 14.9. The molecule has 0 spiro atoms. The van der Waals surface area contributed by atoms with Gasteiger partial charge in [0, 0.05) is 26.2 Å². The first-order valence-electron chi connectivity index (χ1n) is 8.23. The highest BCUT2D eigenvalue weighted by atomic mass is 19.4. The predicted octanol–water partition coefficient (Wildman–Crippen LogP) is 4.71. The van der Waals surface area contributed by atoms with Gasteiger partial charge in [-0.1, -0.05) is 0 Å². The number of rotatable bonds is 7. The van der Waals surface area contributed by atoms with Crippen LogP contribution in [0.25, 0.3) is 0 Å². The zero-order valence-electron chi connectivity index (χ0n) is 14.9. The predicted molar refractivity (Wildman–Crippen MR) is 95.5 cm³/mol. The Hall–Kier alpha value is -2.77. The van der Waals surface area contributed by atoms with Crippen LogP contribution in [0.4, 0.5) is 28.9 Å². The molecule has 0 radical (unpaired) electrons. The highest BCUT2D eigenvalue weighted by molar-refractivity contribution is 5.92. The Bertz CT molecular complexity index is 774. The van der Waals surface area contributed by atoms with Crippen molar-refractivity contribution in [2.24, 2.45) is 0 Å². The Morgan fingerprint density at radius 2 is 1.78 bits per heavy atom. The van der Waals surface area contributed by atoms with Crippen LogP contribution in [0.3, 0.4) is 0 Å². The second kappa shape index (κ2) is 8.75. The molecule has 0 unspecified atom stereocenters. The summed E-state index contributed by atoms with van der Waals surface area (Å²) in [6.07, 6.45) is -4.28. The minimum Gasteiger partial charge on any atom is -0.494 e. The van der Waals surface area contributed by atoms with Crippen molar-refractivity contribution < 1.29 is 27.1 Å². The number of benzene rings is 2. The summed E-state index contributed by atoms with van der Waals surface area (Å²) in [6, 6.07) is 9.14. The average Bonchev–Trinajstić information content (AvgIpc) is 2.59. The Morgan fingerprint density at radius 3 is 2.37 bits per heavy atom. The third-order valence-corrected chi connectivity index (χ3v) is 3.73. The Balaban J connectivity index is 1.92. The number of amides is 1. The van der Waals surface area contributed by atoms with Crippen molar-refractivity contribution in [2.75, 3.05) is 30.9 Å². The number of carbonyl (C=O) groups excluding carboxylic acids is 1. The zero-order chi connectivity index (χ0) is 20.0. The van der Waals surface area contributed by atoms with E-state index < -0.39 is 17.6 Å². The highest BCUT2D eigenvalue weighted by Gasteiger charge is 2.34. The summed E-state index contributed by atoms with van der Waals surface area (Å²) in [5, 5.41) is 2.31. The van der Waals surface area contributed by atoms with Crippen LogP contribution in [0.5, 0.6) is 5.75 Å².